The molecular weight excluding hydrogens is 252 g/mol. The molecule has 0 bridgehead atoms. The summed E-state index contributed by atoms with van der Waals surface area (Å²) in [4.78, 5) is 11.2. The lowest BCUT2D eigenvalue weighted by atomic mass is 10.0. The molecule has 20 heavy (non-hydrogen) atoms. The van der Waals surface area contributed by atoms with Gasteiger partial charge in [0.15, 0.2) is 6.29 Å². The van der Waals surface area contributed by atoms with Gasteiger partial charge in [-0.15, -0.1) is 0 Å². The van der Waals surface area contributed by atoms with E-state index in [0.29, 0.717) is 17.5 Å². The maximum absolute atomic E-state index is 11.2. The summed E-state index contributed by atoms with van der Waals surface area (Å²) in [6.07, 6.45) is 2.79. The number of nitrogens with two attached hydrogens (primary N) is 1. The van der Waals surface area contributed by atoms with E-state index in [0.717, 1.165) is 18.4 Å². The highest BCUT2D eigenvalue weighted by Crippen LogP contribution is 2.26. The van der Waals surface area contributed by atoms with Crippen molar-refractivity contribution >= 4 is 12.1 Å². The van der Waals surface area contributed by atoms with Crippen LogP contribution in [0.15, 0.2) is 24.3 Å². The van der Waals surface area contributed by atoms with Gasteiger partial charge in [-0.25, -0.2) is 4.68 Å². The summed E-state index contributed by atoms with van der Waals surface area (Å²) in [5.74, 6) is 0.231. The van der Waals surface area contributed by atoms with Gasteiger partial charge < -0.3 is 5.73 Å². The predicted molar refractivity (Wildman–Crippen MR) is 77.1 cm³/mol. The van der Waals surface area contributed by atoms with Gasteiger partial charge in [0.05, 0.1) is 11.6 Å². The van der Waals surface area contributed by atoms with Crippen LogP contribution in [0.3, 0.4) is 0 Å². The molecule has 0 amide bonds. The van der Waals surface area contributed by atoms with Gasteiger partial charge in [-0.05, 0) is 12.0 Å². The number of hydrogen-bond donors (Lipinski definition) is 1. The molecule has 0 radical (unpaired) electrons. The topological polar surface area (TPSA) is 84.7 Å². The van der Waals surface area contributed by atoms with Crippen LogP contribution < -0.4 is 5.73 Å². The summed E-state index contributed by atoms with van der Waals surface area (Å²) in [6, 6.07) is 9.87. The number of aromatic nitrogens is 2. The van der Waals surface area contributed by atoms with Gasteiger partial charge in [0, 0.05) is 5.56 Å². The van der Waals surface area contributed by atoms with E-state index >= 15 is 0 Å². The van der Waals surface area contributed by atoms with Crippen molar-refractivity contribution in [3.05, 3.63) is 35.4 Å². The van der Waals surface area contributed by atoms with Gasteiger partial charge in [0.1, 0.15) is 18.1 Å². The second-order valence-corrected chi connectivity index (χ2v) is 4.53. The minimum atomic E-state index is 0.0284. The first-order valence-electron chi connectivity index (χ1n) is 6.49. The van der Waals surface area contributed by atoms with Crippen molar-refractivity contribution in [1.29, 1.82) is 5.26 Å². The highest BCUT2D eigenvalue weighted by molar-refractivity contribution is 5.91. The Hall–Kier alpha value is -2.61. The molecule has 1 aromatic carbocycles. The third-order valence-corrected chi connectivity index (χ3v) is 3.13. The van der Waals surface area contributed by atoms with Gasteiger partial charge in [-0.3, -0.25) is 4.79 Å². The average molecular weight is 268 g/mol. The molecule has 0 fully saturated rings. The van der Waals surface area contributed by atoms with Crippen molar-refractivity contribution in [2.75, 3.05) is 5.73 Å². The molecule has 5 nitrogen and oxygen atoms in total. The lowest BCUT2D eigenvalue weighted by Gasteiger charge is -2.01. The smallest absolute Gasteiger partial charge is 0.156 e. The largest absolute Gasteiger partial charge is 0.383 e. The molecule has 1 aromatic heterocycles. The van der Waals surface area contributed by atoms with E-state index in [2.05, 4.69) is 12.0 Å². The molecule has 102 valence electrons. The second-order valence-electron chi connectivity index (χ2n) is 4.53. The molecule has 2 N–H and O–H groups in total. The third-order valence-electron chi connectivity index (χ3n) is 3.13. The summed E-state index contributed by atoms with van der Waals surface area (Å²) in [7, 11) is 0. The molecule has 2 aromatic rings. The molecular formula is C15H16N4O. The Bertz CT molecular complexity index is 650. The summed E-state index contributed by atoms with van der Waals surface area (Å²) in [5.41, 5.74) is 8.77. The zero-order valence-electron chi connectivity index (χ0n) is 11.3. The molecule has 0 aliphatic heterocycles. The van der Waals surface area contributed by atoms with Crippen LogP contribution in [0, 0.1) is 11.3 Å². The number of rotatable bonds is 5. The maximum atomic E-state index is 11.2. The number of aryl methyl sites for hydroxylation is 1. The number of nitrogen functional groups attached to an aromatic ring is 1. The molecule has 0 aliphatic rings. The van der Waals surface area contributed by atoms with E-state index in [1.54, 1.807) is 0 Å². The Morgan fingerprint density at radius 3 is 2.65 bits per heavy atom. The number of aldehydes is 1. The van der Waals surface area contributed by atoms with Crippen LogP contribution in [0.25, 0.3) is 11.3 Å². The second kappa shape index (κ2) is 6.02. The van der Waals surface area contributed by atoms with Gasteiger partial charge in [0.25, 0.3) is 0 Å². The minimum absolute atomic E-state index is 0.0284. The van der Waals surface area contributed by atoms with Crippen LogP contribution in [-0.4, -0.2) is 16.1 Å². The van der Waals surface area contributed by atoms with Crippen molar-refractivity contribution in [1.82, 2.24) is 9.78 Å². The molecule has 2 rings (SSSR count). The Balaban J connectivity index is 2.43. The fraction of sp³-hybridized carbons (Fsp3) is 0.267. The normalized spacial score (nSPS) is 10.2. The lowest BCUT2D eigenvalue weighted by molar-refractivity contribution is 0.112. The SMILES string of the molecule is CCCc1ccc(-c2nn(CC#N)c(N)c2C=O)cc1. The fourth-order valence-electron chi connectivity index (χ4n) is 2.12. The Morgan fingerprint density at radius 2 is 2.10 bits per heavy atom. The van der Waals surface area contributed by atoms with E-state index < -0.39 is 0 Å². The van der Waals surface area contributed by atoms with E-state index in [-0.39, 0.29) is 12.4 Å². The molecule has 5 heteroatoms. The lowest BCUT2D eigenvalue weighted by Crippen LogP contribution is -2.03. The highest BCUT2D eigenvalue weighted by atomic mass is 16.1. The van der Waals surface area contributed by atoms with Gasteiger partial charge >= 0.3 is 0 Å². The van der Waals surface area contributed by atoms with E-state index in [1.807, 2.05) is 30.3 Å². The number of carbonyl (C=O) groups excluding carboxylic acids is 1. The molecule has 1 heterocycles. The number of hydrogen-bond acceptors (Lipinski definition) is 4. The third kappa shape index (κ3) is 2.54. The molecule has 0 aliphatic carbocycles. The first-order chi connectivity index (χ1) is 9.71. The van der Waals surface area contributed by atoms with E-state index in [1.165, 1.54) is 10.2 Å². The molecule has 0 saturated carbocycles. The van der Waals surface area contributed by atoms with Gasteiger partial charge in [-0.2, -0.15) is 10.4 Å². The Kier molecular flexibility index (Phi) is 4.16. The first kappa shape index (κ1) is 13.8. The standard InChI is InChI=1S/C15H16N4O/c1-2-3-11-4-6-12(7-5-11)14-13(10-20)15(17)19(18-14)9-8-16/h4-7,10H,2-3,9,17H2,1H3. The van der Waals surface area contributed by atoms with Crippen LogP contribution in [0.5, 0.6) is 0 Å². The number of anilines is 1. The van der Waals surface area contributed by atoms with Crippen molar-refractivity contribution in [2.24, 2.45) is 0 Å². The summed E-state index contributed by atoms with van der Waals surface area (Å²) in [6.45, 7) is 2.16. The maximum Gasteiger partial charge on any atom is 0.156 e. The summed E-state index contributed by atoms with van der Waals surface area (Å²) in [5, 5.41) is 13.0. The van der Waals surface area contributed by atoms with Crippen LogP contribution in [-0.2, 0) is 13.0 Å². The minimum Gasteiger partial charge on any atom is -0.383 e. The highest BCUT2D eigenvalue weighted by Gasteiger charge is 2.16. The number of carbonyl (C=O) groups is 1. The van der Waals surface area contributed by atoms with Crippen LogP contribution in [0.1, 0.15) is 29.3 Å². The van der Waals surface area contributed by atoms with Crippen molar-refractivity contribution in [3.63, 3.8) is 0 Å². The average Bonchev–Trinajstić information content (AvgIpc) is 2.77. The zero-order chi connectivity index (χ0) is 14.5. The number of nitrogens with zero attached hydrogens (tertiary/aromatic N) is 3. The predicted octanol–water partition coefficient (Wildman–Crippen LogP) is 2.42. The molecule has 0 atom stereocenters. The van der Waals surface area contributed by atoms with Crippen LogP contribution in [0.2, 0.25) is 0 Å². The van der Waals surface area contributed by atoms with E-state index in [9.17, 15) is 4.79 Å². The Labute approximate surface area is 117 Å². The monoisotopic (exact) mass is 268 g/mol. The van der Waals surface area contributed by atoms with Crippen molar-refractivity contribution in [2.45, 2.75) is 26.3 Å². The quantitative estimate of drug-likeness (QED) is 0.844. The number of nitriles is 1. The van der Waals surface area contributed by atoms with Gasteiger partial charge in [-0.1, -0.05) is 37.6 Å². The summed E-state index contributed by atoms with van der Waals surface area (Å²) >= 11 is 0. The van der Waals surface area contributed by atoms with E-state index in [4.69, 9.17) is 11.0 Å². The van der Waals surface area contributed by atoms with Crippen LogP contribution in [0.4, 0.5) is 5.82 Å². The first-order valence-corrected chi connectivity index (χ1v) is 6.49. The zero-order valence-corrected chi connectivity index (χ0v) is 11.3. The molecule has 0 unspecified atom stereocenters. The molecule has 0 saturated heterocycles. The van der Waals surface area contributed by atoms with Crippen LogP contribution >= 0.6 is 0 Å². The fourth-order valence-corrected chi connectivity index (χ4v) is 2.12. The summed E-state index contributed by atoms with van der Waals surface area (Å²) < 4.78 is 1.35. The number of benzene rings is 1. The van der Waals surface area contributed by atoms with Crippen molar-refractivity contribution in [3.8, 4) is 17.3 Å². The Morgan fingerprint density at radius 1 is 1.40 bits per heavy atom. The van der Waals surface area contributed by atoms with Crippen molar-refractivity contribution < 1.29 is 4.79 Å². The molecule has 0 spiro atoms. The van der Waals surface area contributed by atoms with Gasteiger partial charge in [0.2, 0.25) is 0 Å².